The van der Waals surface area contributed by atoms with E-state index in [1.807, 2.05) is 91.0 Å². The summed E-state index contributed by atoms with van der Waals surface area (Å²) < 4.78 is 110. The fourth-order valence-corrected chi connectivity index (χ4v) is 7.40. The van der Waals surface area contributed by atoms with Crippen molar-refractivity contribution in [2.24, 2.45) is 0 Å². The first kappa shape index (κ1) is 18.9. The number of aromatic nitrogens is 4. The van der Waals surface area contributed by atoms with Crippen LogP contribution in [0.5, 0.6) is 0 Å². The van der Waals surface area contributed by atoms with Crippen molar-refractivity contribution >= 4 is 53.3 Å². The Hall–Kier alpha value is -6.43. The van der Waals surface area contributed by atoms with E-state index in [-0.39, 0.29) is 44.8 Å². The van der Waals surface area contributed by atoms with Crippen molar-refractivity contribution in [2.45, 2.75) is 0 Å². The lowest BCUT2D eigenvalue weighted by Gasteiger charge is -2.11. The predicted octanol–water partition coefficient (Wildman–Crippen LogP) is 12.0. The fraction of sp³-hybridized carbons (Fsp3) is 0. The summed E-state index contributed by atoms with van der Waals surface area (Å²) in [5.41, 5.74) is 1.77. The smallest absolute Gasteiger partial charge is 0.164 e. The lowest BCUT2D eigenvalue weighted by Crippen LogP contribution is -2.00. The van der Waals surface area contributed by atoms with Gasteiger partial charge in [-0.05, 0) is 47.4 Å². The Labute approximate surface area is 309 Å². The van der Waals surface area contributed by atoms with Gasteiger partial charge in [0.25, 0.3) is 0 Å². The minimum atomic E-state index is -0.715. The van der Waals surface area contributed by atoms with E-state index in [0.29, 0.717) is 11.1 Å². The Morgan fingerprint density at radius 3 is 1.90 bits per heavy atom. The molecular weight excluding hydrogens is 629 g/mol. The van der Waals surface area contributed by atoms with Crippen molar-refractivity contribution in [3.63, 3.8) is 0 Å². The van der Waals surface area contributed by atoms with Crippen LogP contribution in [0.15, 0.2) is 170 Å². The second-order valence-corrected chi connectivity index (χ2v) is 12.6. The van der Waals surface area contributed by atoms with Crippen LogP contribution in [0.25, 0.3) is 93.0 Å². The molecule has 0 N–H and O–H groups in total. The number of hydrogen-bond donors (Lipinski definition) is 0. The van der Waals surface area contributed by atoms with Crippen LogP contribution in [-0.2, 0) is 0 Å². The summed E-state index contributed by atoms with van der Waals surface area (Å²) in [6.07, 6.45) is 0. The molecule has 0 aliphatic rings. The molecule has 3 aromatic heterocycles. The Kier molecular flexibility index (Phi) is 4.40. The van der Waals surface area contributed by atoms with Crippen LogP contribution in [0.3, 0.4) is 0 Å². The highest BCUT2D eigenvalue weighted by Gasteiger charge is 2.17. The van der Waals surface area contributed by atoms with Crippen LogP contribution < -0.4 is 0 Å². The first-order valence-electron chi connectivity index (χ1n) is 21.7. The summed E-state index contributed by atoms with van der Waals surface area (Å²) in [7, 11) is 0. The maximum Gasteiger partial charge on any atom is 0.164 e. The summed E-state index contributed by atoms with van der Waals surface area (Å²) in [5.74, 6) is 0.223. The molecule has 0 fully saturated rings. The SMILES string of the molecule is [2H]c1c([2H])c([2H])c(-n2c3c([2H])c([2H])c([2H])c([2H])c3c3c([2H])c([2H])c(-c4nc(-c5ccc(-c6ccccc6)cc5)nc(-c5ccc6c(c5)sc5ccccc56)n4)c([2H])c32)c([2H])c1[2H]. The fourth-order valence-electron chi connectivity index (χ4n) is 6.26. The zero-order valence-corrected chi connectivity index (χ0v) is 26.8. The van der Waals surface area contributed by atoms with Crippen molar-refractivity contribution < 1.29 is 16.4 Å². The van der Waals surface area contributed by atoms with Crippen molar-refractivity contribution in [3.8, 4) is 51.0 Å². The van der Waals surface area contributed by atoms with Gasteiger partial charge in [0.05, 0.1) is 27.5 Å². The van der Waals surface area contributed by atoms with Gasteiger partial charge in [-0.1, -0.05) is 133 Å². The first-order chi connectivity index (χ1) is 29.8. The standard InChI is InChI=1S/C45H28N4S/c1-3-11-29(12-4-1)30-19-21-31(22-20-30)43-46-44(48-45(47-43)33-24-26-38-37-16-8-10-18-41(37)50-42(38)28-33)32-23-25-36-35-15-7-9-17-39(35)49(40(36)27-32)34-13-5-2-6-14-34/h1-28H/i2D,5D,6D,7D,9D,13D,14D,15D,17D,23D,25D,27D. The zero-order valence-electron chi connectivity index (χ0n) is 37.9. The average molecular weight is 669 g/mol. The van der Waals surface area contributed by atoms with Gasteiger partial charge in [0.1, 0.15) is 0 Å². The molecule has 0 atom stereocenters. The molecule has 0 radical (unpaired) electrons. The lowest BCUT2D eigenvalue weighted by atomic mass is 10.0. The minimum Gasteiger partial charge on any atom is -0.309 e. The molecule has 0 saturated carbocycles. The quantitative estimate of drug-likeness (QED) is 0.183. The largest absolute Gasteiger partial charge is 0.309 e. The van der Waals surface area contributed by atoms with Crippen molar-refractivity contribution in [1.29, 1.82) is 0 Å². The van der Waals surface area contributed by atoms with E-state index in [4.69, 9.17) is 27.3 Å². The molecule has 7 aromatic carbocycles. The van der Waals surface area contributed by atoms with Gasteiger partial charge in [0, 0.05) is 53.3 Å². The minimum absolute atomic E-state index is 0.170. The highest BCUT2D eigenvalue weighted by atomic mass is 32.1. The van der Waals surface area contributed by atoms with Gasteiger partial charge in [0.2, 0.25) is 0 Å². The van der Waals surface area contributed by atoms with Gasteiger partial charge in [-0.15, -0.1) is 11.3 Å². The van der Waals surface area contributed by atoms with E-state index in [2.05, 4.69) is 6.07 Å². The molecule has 0 unspecified atom stereocenters. The third kappa shape index (κ3) is 4.79. The van der Waals surface area contributed by atoms with Gasteiger partial charge in [-0.2, -0.15) is 0 Å². The van der Waals surface area contributed by atoms with E-state index < -0.39 is 78.2 Å². The van der Waals surface area contributed by atoms with Crippen molar-refractivity contribution in [1.82, 2.24) is 19.5 Å². The van der Waals surface area contributed by atoms with Crippen LogP contribution in [0.1, 0.15) is 16.4 Å². The Bertz CT molecular complexity index is 3520. The lowest BCUT2D eigenvalue weighted by molar-refractivity contribution is 1.07. The maximum absolute atomic E-state index is 9.83. The number of thiophene rings is 1. The molecule has 50 heavy (non-hydrogen) atoms. The normalized spacial score (nSPS) is 15.0. The topological polar surface area (TPSA) is 43.6 Å². The van der Waals surface area contributed by atoms with Crippen molar-refractivity contribution in [3.05, 3.63) is 170 Å². The first-order valence-corrected chi connectivity index (χ1v) is 16.5. The van der Waals surface area contributed by atoms with Gasteiger partial charge in [-0.25, -0.2) is 15.0 Å². The number of hydrogen-bond acceptors (Lipinski definition) is 4. The molecule has 0 aliphatic heterocycles. The zero-order chi connectivity index (χ0) is 43.5. The third-order valence-corrected chi connectivity index (χ3v) is 9.75. The molecule has 3 heterocycles. The number of para-hydroxylation sites is 2. The van der Waals surface area contributed by atoms with Crippen LogP contribution in [0.4, 0.5) is 0 Å². The van der Waals surface area contributed by atoms with E-state index in [9.17, 15) is 4.11 Å². The third-order valence-electron chi connectivity index (χ3n) is 8.61. The molecule has 0 spiro atoms. The molecule has 0 amide bonds. The molecular formula is C45H28N4S. The molecule has 10 aromatic rings. The van der Waals surface area contributed by atoms with Crippen molar-refractivity contribution in [2.75, 3.05) is 0 Å². The number of benzene rings is 7. The summed E-state index contributed by atoms with van der Waals surface area (Å²) >= 11 is 1.61. The second kappa shape index (κ2) is 11.6. The highest BCUT2D eigenvalue weighted by molar-refractivity contribution is 7.25. The monoisotopic (exact) mass is 668 g/mol. The summed E-state index contributed by atoms with van der Waals surface area (Å²) in [5, 5.41) is 1.66. The van der Waals surface area contributed by atoms with Crippen LogP contribution in [-0.4, -0.2) is 19.5 Å². The van der Waals surface area contributed by atoms with E-state index >= 15 is 0 Å². The molecule has 0 aliphatic carbocycles. The van der Waals surface area contributed by atoms with E-state index in [1.165, 1.54) is 0 Å². The predicted molar refractivity (Wildman–Crippen MR) is 209 cm³/mol. The molecule has 0 bridgehead atoms. The average Bonchev–Trinajstić information content (AvgIpc) is 3.85. The highest BCUT2D eigenvalue weighted by Crippen LogP contribution is 2.38. The van der Waals surface area contributed by atoms with Gasteiger partial charge in [0.15, 0.2) is 17.5 Å². The molecule has 234 valence electrons. The number of fused-ring (bicyclic) bond motifs is 6. The summed E-state index contributed by atoms with van der Waals surface area (Å²) in [6, 6.07) is 23.6. The Morgan fingerprint density at radius 1 is 0.440 bits per heavy atom. The van der Waals surface area contributed by atoms with Crippen LogP contribution in [0.2, 0.25) is 0 Å². The maximum atomic E-state index is 9.83. The second-order valence-electron chi connectivity index (χ2n) is 11.6. The number of rotatable bonds is 5. The van der Waals surface area contributed by atoms with Crippen LogP contribution in [0, 0.1) is 0 Å². The van der Waals surface area contributed by atoms with E-state index in [0.717, 1.165) is 35.9 Å². The van der Waals surface area contributed by atoms with Crippen LogP contribution >= 0.6 is 11.3 Å². The molecule has 5 heteroatoms. The Morgan fingerprint density at radius 2 is 1.06 bits per heavy atom. The molecule has 0 saturated heterocycles. The Balaban J connectivity index is 1.30. The molecule has 10 rings (SSSR count). The number of nitrogens with zero attached hydrogens (tertiary/aromatic N) is 4. The summed E-state index contributed by atoms with van der Waals surface area (Å²) in [4.78, 5) is 14.6. The van der Waals surface area contributed by atoms with Gasteiger partial charge >= 0.3 is 0 Å². The van der Waals surface area contributed by atoms with Gasteiger partial charge in [-0.3, -0.25) is 0 Å². The molecule has 4 nitrogen and oxygen atoms in total. The summed E-state index contributed by atoms with van der Waals surface area (Å²) in [6.45, 7) is 0. The van der Waals surface area contributed by atoms with E-state index in [1.54, 1.807) is 11.3 Å². The van der Waals surface area contributed by atoms with Gasteiger partial charge < -0.3 is 4.57 Å².